The van der Waals surface area contributed by atoms with Crippen LogP contribution in [0.3, 0.4) is 0 Å². The van der Waals surface area contributed by atoms with E-state index in [1.54, 1.807) is 23.1 Å². The van der Waals surface area contributed by atoms with E-state index in [1.807, 2.05) is 4.68 Å². The van der Waals surface area contributed by atoms with E-state index < -0.39 is 0 Å². The maximum atomic E-state index is 11.9. The van der Waals surface area contributed by atoms with Gasteiger partial charge in [-0.2, -0.15) is 4.68 Å². The predicted octanol–water partition coefficient (Wildman–Crippen LogP) is -0.804. The number of hydrogen-bond donors (Lipinski definition) is 3. The second-order valence-electron chi connectivity index (χ2n) is 6.66. The number of aromatic nitrogens is 2. The molecule has 0 atom stereocenters. The molecule has 1 aliphatic carbocycles. The summed E-state index contributed by atoms with van der Waals surface area (Å²) in [5.74, 6) is 1.32. The van der Waals surface area contributed by atoms with Crippen LogP contribution in [0.15, 0.2) is 4.34 Å². The van der Waals surface area contributed by atoms with E-state index in [4.69, 9.17) is 12.2 Å². The SMILES string of the molecule is CCCSc1nn(C[NH+]2CC[NH+](CC(=O)NC3CC3)CC2)c(=S)s1. The quantitative estimate of drug-likeness (QED) is 0.402. The van der Waals surface area contributed by atoms with E-state index in [1.165, 1.54) is 9.80 Å². The Balaban J connectivity index is 1.42. The molecule has 0 aromatic carbocycles. The monoisotopic (exact) mass is 389 g/mol. The second-order valence-corrected chi connectivity index (χ2v) is 9.62. The molecule has 0 spiro atoms. The lowest BCUT2D eigenvalue weighted by Gasteiger charge is -2.29. The largest absolute Gasteiger partial charge is 0.348 e. The smallest absolute Gasteiger partial charge is 0.275 e. The molecule has 2 heterocycles. The Morgan fingerprint density at radius 2 is 2.08 bits per heavy atom. The van der Waals surface area contributed by atoms with Gasteiger partial charge in [0.15, 0.2) is 21.5 Å². The molecular weight excluding hydrogens is 362 g/mol. The van der Waals surface area contributed by atoms with Crippen LogP contribution in [0.2, 0.25) is 0 Å². The number of nitrogens with zero attached hydrogens (tertiary/aromatic N) is 2. The van der Waals surface area contributed by atoms with Gasteiger partial charge in [0.2, 0.25) is 0 Å². The zero-order valence-corrected chi connectivity index (χ0v) is 16.6. The highest BCUT2D eigenvalue weighted by Gasteiger charge is 2.28. The van der Waals surface area contributed by atoms with Gasteiger partial charge in [0.05, 0.1) is 0 Å². The van der Waals surface area contributed by atoms with Crippen molar-refractivity contribution in [3.63, 3.8) is 0 Å². The molecule has 0 radical (unpaired) electrons. The molecule has 1 aromatic heterocycles. The van der Waals surface area contributed by atoms with Gasteiger partial charge < -0.3 is 15.1 Å². The average Bonchev–Trinajstić information content (AvgIpc) is 3.30. The van der Waals surface area contributed by atoms with Gasteiger partial charge >= 0.3 is 0 Å². The van der Waals surface area contributed by atoms with Gasteiger partial charge in [0.25, 0.3) is 5.91 Å². The summed E-state index contributed by atoms with van der Waals surface area (Å²) in [5, 5.41) is 7.73. The first kappa shape index (κ1) is 18.3. The maximum Gasteiger partial charge on any atom is 0.275 e. The van der Waals surface area contributed by atoms with Crippen LogP contribution < -0.4 is 15.1 Å². The number of hydrogen-bond acceptors (Lipinski definition) is 5. The van der Waals surface area contributed by atoms with Gasteiger partial charge in [-0.25, -0.2) is 0 Å². The molecule has 1 amide bonds. The van der Waals surface area contributed by atoms with Crippen molar-refractivity contribution >= 4 is 41.2 Å². The molecule has 2 aliphatic rings. The fourth-order valence-electron chi connectivity index (χ4n) is 2.87. The third-order valence-corrected chi connectivity index (χ3v) is 7.05. The minimum atomic E-state index is 0.218. The molecule has 9 heteroatoms. The van der Waals surface area contributed by atoms with Gasteiger partial charge in [0, 0.05) is 11.8 Å². The van der Waals surface area contributed by atoms with Crippen molar-refractivity contribution in [2.75, 3.05) is 38.5 Å². The standard InChI is InChI=1S/C15H25N5OS3/c1-2-9-23-14-17-20(15(22)24-14)11-19-7-5-18(6-8-19)10-13(21)16-12-3-4-12/h12H,2-11H2,1H3,(H,16,21)/p+2. The summed E-state index contributed by atoms with van der Waals surface area (Å²) in [6, 6.07) is 0.468. The zero-order valence-electron chi connectivity index (χ0n) is 14.2. The first-order valence-corrected chi connectivity index (χ1v) is 11.0. The van der Waals surface area contributed by atoms with E-state index >= 15 is 0 Å². The minimum Gasteiger partial charge on any atom is -0.348 e. The molecule has 1 saturated heterocycles. The lowest BCUT2D eigenvalue weighted by atomic mass is 10.3. The molecule has 3 N–H and O–H groups in total. The summed E-state index contributed by atoms with van der Waals surface area (Å²) in [5.41, 5.74) is 0. The van der Waals surface area contributed by atoms with Gasteiger partial charge in [-0.15, -0.1) is 5.10 Å². The van der Waals surface area contributed by atoms with Crippen LogP contribution in [-0.2, 0) is 11.5 Å². The molecule has 0 unspecified atom stereocenters. The zero-order chi connectivity index (χ0) is 16.9. The second kappa shape index (κ2) is 8.75. The fourth-order valence-corrected chi connectivity index (χ4v) is 5.13. The lowest BCUT2D eigenvalue weighted by molar-refractivity contribution is -1.02. The van der Waals surface area contributed by atoms with Gasteiger partial charge in [0.1, 0.15) is 26.2 Å². The summed E-state index contributed by atoms with van der Waals surface area (Å²) >= 11 is 8.87. The highest BCUT2D eigenvalue weighted by atomic mass is 32.2. The van der Waals surface area contributed by atoms with Crippen molar-refractivity contribution in [1.29, 1.82) is 0 Å². The van der Waals surface area contributed by atoms with Crippen molar-refractivity contribution < 1.29 is 14.6 Å². The topological polar surface area (TPSA) is 55.8 Å². The van der Waals surface area contributed by atoms with E-state index in [-0.39, 0.29) is 5.91 Å². The molecule has 24 heavy (non-hydrogen) atoms. The first-order valence-electron chi connectivity index (χ1n) is 8.81. The Morgan fingerprint density at radius 3 is 2.75 bits per heavy atom. The number of amides is 1. The number of rotatable bonds is 8. The first-order chi connectivity index (χ1) is 11.6. The Kier molecular flexibility index (Phi) is 6.68. The Bertz CT molecular complexity index is 604. The molecule has 0 bridgehead atoms. The lowest BCUT2D eigenvalue weighted by Crippen LogP contribution is -3.28. The summed E-state index contributed by atoms with van der Waals surface area (Å²) in [4.78, 5) is 14.8. The normalized spacial score (nSPS) is 24.0. The molecule has 134 valence electrons. The van der Waals surface area contributed by atoms with Gasteiger partial charge in [-0.3, -0.25) is 4.79 Å². The van der Waals surface area contributed by atoms with Crippen LogP contribution in [0.25, 0.3) is 0 Å². The summed E-state index contributed by atoms with van der Waals surface area (Å²) in [7, 11) is 0. The van der Waals surface area contributed by atoms with Crippen LogP contribution in [0, 0.1) is 3.95 Å². The third kappa shape index (κ3) is 5.52. The van der Waals surface area contributed by atoms with Crippen molar-refractivity contribution in [3.8, 4) is 0 Å². The molecule has 1 saturated carbocycles. The Morgan fingerprint density at radius 1 is 1.38 bits per heavy atom. The number of carbonyl (C=O) groups excluding carboxylic acids is 1. The summed E-state index contributed by atoms with van der Waals surface area (Å²) in [6.07, 6.45) is 3.47. The number of carbonyl (C=O) groups is 1. The molecule has 1 aromatic rings. The Labute approximate surface area is 156 Å². The van der Waals surface area contributed by atoms with Crippen LogP contribution >= 0.6 is 35.3 Å². The molecule has 1 aliphatic heterocycles. The van der Waals surface area contributed by atoms with Crippen molar-refractivity contribution in [3.05, 3.63) is 3.95 Å². The third-order valence-electron chi connectivity index (χ3n) is 4.41. The van der Waals surface area contributed by atoms with Crippen LogP contribution in [-0.4, -0.2) is 60.2 Å². The van der Waals surface area contributed by atoms with E-state index in [2.05, 4.69) is 17.3 Å². The van der Waals surface area contributed by atoms with Gasteiger partial charge in [-0.1, -0.05) is 30.0 Å². The number of thioether (sulfide) groups is 1. The Hall–Kier alpha value is -0.480. The number of piperazine rings is 1. The minimum absolute atomic E-state index is 0.218. The van der Waals surface area contributed by atoms with E-state index in [0.717, 1.165) is 66.2 Å². The summed E-state index contributed by atoms with van der Waals surface area (Å²) in [6.45, 7) is 7.89. The van der Waals surface area contributed by atoms with E-state index in [9.17, 15) is 4.79 Å². The predicted molar refractivity (Wildman–Crippen MR) is 99.4 cm³/mol. The van der Waals surface area contributed by atoms with Crippen LogP contribution in [0.4, 0.5) is 0 Å². The highest BCUT2D eigenvalue weighted by molar-refractivity contribution is 8.01. The highest BCUT2D eigenvalue weighted by Crippen LogP contribution is 2.22. The fraction of sp³-hybridized carbons (Fsp3) is 0.800. The number of nitrogens with one attached hydrogen (secondary N) is 3. The van der Waals surface area contributed by atoms with Crippen molar-refractivity contribution in [2.45, 2.75) is 43.2 Å². The number of quaternary nitrogens is 2. The van der Waals surface area contributed by atoms with Gasteiger partial charge in [-0.05, 0) is 31.5 Å². The van der Waals surface area contributed by atoms with Crippen molar-refractivity contribution in [1.82, 2.24) is 15.1 Å². The molecule has 3 rings (SSSR count). The van der Waals surface area contributed by atoms with Crippen LogP contribution in [0.5, 0.6) is 0 Å². The van der Waals surface area contributed by atoms with Crippen molar-refractivity contribution in [2.24, 2.45) is 0 Å². The molecular formula is C15H27N5OS3+2. The maximum absolute atomic E-state index is 11.9. The molecule has 2 fully saturated rings. The summed E-state index contributed by atoms with van der Waals surface area (Å²) < 4.78 is 3.94. The van der Waals surface area contributed by atoms with E-state index in [0.29, 0.717) is 12.6 Å². The average molecular weight is 390 g/mol. The van der Waals surface area contributed by atoms with Crippen LogP contribution in [0.1, 0.15) is 26.2 Å². The molecule has 6 nitrogen and oxygen atoms in total.